The maximum atomic E-state index is 13.5. The lowest BCUT2D eigenvalue weighted by atomic mass is 9.52. The van der Waals surface area contributed by atoms with Gasteiger partial charge in [0.25, 0.3) is 5.91 Å². The van der Waals surface area contributed by atoms with Gasteiger partial charge in [0.05, 0.1) is 16.9 Å². The average Bonchev–Trinajstić information content (AvgIpc) is 3.44. The molecule has 1 aromatic rings. The molecule has 5 saturated carbocycles. The number of amides is 2. The van der Waals surface area contributed by atoms with Crippen molar-refractivity contribution < 1.29 is 14.7 Å². The van der Waals surface area contributed by atoms with Crippen LogP contribution in [0.1, 0.15) is 92.6 Å². The molecule has 0 radical (unpaired) electrons. The first-order valence-corrected chi connectivity index (χ1v) is 13.3. The molecule has 2 amide bonds. The molecular formula is C26H37N5O3. The summed E-state index contributed by atoms with van der Waals surface area (Å²) >= 11 is 0. The molecule has 2 heterocycles. The SMILES string of the molecule is CN1C(=O)CC[C@@H]1CNc1ncc(C(=O)NC2C3CC4CC2CC(O)(C4)C3)c(C2CCCC2)n1. The monoisotopic (exact) mass is 467 g/mol. The normalized spacial score (nSPS) is 36.9. The summed E-state index contributed by atoms with van der Waals surface area (Å²) in [5.41, 5.74) is 0.977. The van der Waals surface area contributed by atoms with E-state index in [0.717, 1.165) is 57.1 Å². The zero-order chi connectivity index (χ0) is 23.4. The largest absolute Gasteiger partial charge is 0.390 e. The van der Waals surface area contributed by atoms with Crippen LogP contribution in [-0.2, 0) is 4.79 Å². The molecule has 5 aliphatic carbocycles. The molecule has 0 spiro atoms. The maximum absolute atomic E-state index is 13.5. The van der Waals surface area contributed by atoms with Crippen LogP contribution in [0.25, 0.3) is 0 Å². The number of rotatable bonds is 6. The van der Waals surface area contributed by atoms with Gasteiger partial charge in [0, 0.05) is 44.2 Å². The van der Waals surface area contributed by atoms with Gasteiger partial charge in [-0.3, -0.25) is 9.59 Å². The van der Waals surface area contributed by atoms with E-state index >= 15 is 0 Å². The van der Waals surface area contributed by atoms with Crippen LogP contribution in [0.2, 0.25) is 0 Å². The summed E-state index contributed by atoms with van der Waals surface area (Å²) in [5, 5.41) is 17.6. The molecule has 1 aliphatic heterocycles. The maximum Gasteiger partial charge on any atom is 0.254 e. The Morgan fingerprint density at radius 3 is 2.56 bits per heavy atom. The molecule has 8 nitrogen and oxygen atoms in total. The van der Waals surface area contributed by atoms with Gasteiger partial charge in [-0.15, -0.1) is 0 Å². The van der Waals surface area contributed by atoms with E-state index in [1.165, 1.54) is 12.8 Å². The predicted molar refractivity (Wildman–Crippen MR) is 127 cm³/mol. The minimum absolute atomic E-state index is 0.0564. The fourth-order valence-electron chi connectivity index (χ4n) is 7.92. The number of likely N-dealkylation sites (tertiary alicyclic amines) is 1. The van der Waals surface area contributed by atoms with Crippen molar-refractivity contribution in [2.45, 2.75) is 94.2 Å². The van der Waals surface area contributed by atoms with Crippen molar-refractivity contribution in [3.8, 4) is 0 Å². The first kappa shape index (κ1) is 22.3. The summed E-state index contributed by atoms with van der Waals surface area (Å²) in [6.07, 6.45) is 12.4. The van der Waals surface area contributed by atoms with Crippen molar-refractivity contribution in [2.75, 3.05) is 18.9 Å². The van der Waals surface area contributed by atoms with Crippen LogP contribution in [0.15, 0.2) is 6.20 Å². The summed E-state index contributed by atoms with van der Waals surface area (Å²) in [5.74, 6) is 2.34. The number of nitrogens with one attached hydrogen (secondary N) is 2. The fourth-order valence-corrected chi connectivity index (χ4v) is 7.92. The van der Waals surface area contributed by atoms with Gasteiger partial charge in [0.15, 0.2) is 0 Å². The Bertz CT molecular complexity index is 961. The number of nitrogens with zero attached hydrogens (tertiary/aromatic N) is 3. The van der Waals surface area contributed by atoms with E-state index in [1.54, 1.807) is 11.1 Å². The Balaban J connectivity index is 1.19. The second-order valence-electron chi connectivity index (χ2n) is 11.7. The molecular weight excluding hydrogens is 430 g/mol. The van der Waals surface area contributed by atoms with Gasteiger partial charge in [-0.25, -0.2) is 9.97 Å². The molecule has 0 aromatic carbocycles. The first-order chi connectivity index (χ1) is 16.4. The van der Waals surface area contributed by atoms with Crippen LogP contribution >= 0.6 is 0 Å². The smallest absolute Gasteiger partial charge is 0.254 e. The topological polar surface area (TPSA) is 107 Å². The molecule has 34 heavy (non-hydrogen) atoms. The van der Waals surface area contributed by atoms with E-state index in [-0.39, 0.29) is 23.9 Å². The molecule has 3 atom stereocenters. The van der Waals surface area contributed by atoms with E-state index in [4.69, 9.17) is 4.98 Å². The lowest BCUT2D eigenvalue weighted by Gasteiger charge is -2.58. The fraction of sp³-hybridized carbons (Fsp3) is 0.769. The van der Waals surface area contributed by atoms with E-state index in [0.29, 0.717) is 48.1 Å². The molecule has 6 fully saturated rings. The van der Waals surface area contributed by atoms with Crippen LogP contribution < -0.4 is 10.6 Å². The lowest BCUT2D eigenvalue weighted by molar-refractivity contribution is -0.137. The summed E-state index contributed by atoms with van der Waals surface area (Å²) in [6.45, 7) is 0.618. The van der Waals surface area contributed by atoms with Gasteiger partial charge in [-0.1, -0.05) is 12.8 Å². The van der Waals surface area contributed by atoms with E-state index < -0.39 is 5.60 Å². The zero-order valence-electron chi connectivity index (χ0n) is 20.1. The zero-order valence-corrected chi connectivity index (χ0v) is 20.1. The molecule has 6 aliphatic rings. The second-order valence-corrected chi connectivity index (χ2v) is 11.7. The Morgan fingerprint density at radius 1 is 1.18 bits per heavy atom. The van der Waals surface area contributed by atoms with Crippen LogP contribution in [0, 0.1) is 17.8 Å². The quantitative estimate of drug-likeness (QED) is 0.594. The molecule has 1 saturated heterocycles. The van der Waals surface area contributed by atoms with E-state index in [2.05, 4.69) is 15.6 Å². The van der Waals surface area contributed by atoms with E-state index in [1.807, 2.05) is 7.05 Å². The third kappa shape index (κ3) is 3.97. The van der Waals surface area contributed by atoms with Crippen molar-refractivity contribution in [3.05, 3.63) is 17.5 Å². The number of anilines is 1. The standard InChI is InChI=1S/C26H37N5O3/c1-31-19(6-7-21(31)32)13-27-25-28-14-20(23(30-25)16-4-2-3-5-16)24(33)29-22-17-8-15-9-18(22)12-26(34,10-15)11-17/h14-19,22,34H,2-13H2,1H3,(H,29,33)(H,27,28,30)/t15?,17?,18?,19-,22?,26?/m1/s1. The van der Waals surface area contributed by atoms with Crippen molar-refractivity contribution in [1.82, 2.24) is 20.2 Å². The number of hydrogen-bond acceptors (Lipinski definition) is 6. The van der Waals surface area contributed by atoms with Gasteiger partial charge in [0.2, 0.25) is 11.9 Å². The Hall–Kier alpha value is -2.22. The summed E-state index contributed by atoms with van der Waals surface area (Å²) in [4.78, 5) is 36.5. The summed E-state index contributed by atoms with van der Waals surface area (Å²) < 4.78 is 0. The Labute approximate surface area is 201 Å². The summed E-state index contributed by atoms with van der Waals surface area (Å²) in [6, 6.07) is 0.301. The van der Waals surface area contributed by atoms with Crippen LogP contribution in [-0.4, -0.2) is 63.1 Å². The van der Waals surface area contributed by atoms with Gasteiger partial charge in [-0.05, 0) is 69.1 Å². The number of likely N-dealkylation sites (N-methyl/N-ethyl adjacent to an activating group) is 1. The highest BCUT2D eigenvalue weighted by molar-refractivity contribution is 5.95. The Kier molecular flexibility index (Phi) is 5.54. The second kappa shape index (κ2) is 8.47. The highest BCUT2D eigenvalue weighted by Crippen LogP contribution is 2.55. The number of aromatic nitrogens is 2. The number of carbonyl (C=O) groups excluding carboxylic acids is 2. The van der Waals surface area contributed by atoms with Crippen LogP contribution in [0.5, 0.6) is 0 Å². The molecule has 4 bridgehead atoms. The van der Waals surface area contributed by atoms with Gasteiger partial charge in [-0.2, -0.15) is 0 Å². The molecule has 7 rings (SSSR count). The minimum Gasteiger partial charge on any atom is -0.390 e. The van der Waals surface area contributed by atoms with E-state index in [9.17, 15) is 14.7 Å². The third-order valence-corrected chi connectivity index (χ3v) is 9.47. The summed E-state index contributed by atoms with van der Waals surface area (Å²) in [7, 11) is 1.85. The third-order valence-electron chi connectivity index (χ3n) is 9.47. The van der Waals surface area contributed by atoms with Gasteiger partial charge >= 0.3 is 0 Å². The Morgan fingerprint density at radius 2 is 1.91 bits per heavy atom. The van der Waals surface area contributed by atoms with Gasteiger partial charge in [0.1, 0.15) is 0 Å². The minimum atomic E-state index is -0.499. The molecule has 8 heteroatoms. The lowest BCUT2D eigenvalue weighted by Crippen LogP contribution is -2.61. The van der Waals surface area contributed by atoms with Crippen molar-refractivity contribution >= 4 is 17.8 Å². The van der Waals surface area contributed by atoms with Crippen LogP contribution in [0.4, 0.5) is 5.95 Å². The number of aliphatic hydroxyl groups is 1. The van der Waals surface area contributed by atoms with Crippen molar-refractivity contribution in [1.29, 1.82) is 0 Å². The predicted octanol–water partition coefficient (Wildman–Crippen LogP) is 2.84. The average molecular weight is 468 g/mol. The van der Waals surface area contributed by atoms with Crippen molar-refractivity contribution in [2.24, 2.45) is 17.8 Å². The number of hydrogen-bond donors (Lipinski definition) is 3. The molecule has 1 aromatic heterocycles. The molecule has 2 unspecified atom stereocenters. The van der Waals surface area contributed by atoms with Crippen molar-refractivity contribution in [3.63, 3.8) is 0 Å². The highest BCUT2D eigenvalue weighted by Gasteiger charge is 2.55. The number of carbonyl (C=O) groups is 2. The van der Waals surface area contributed by atoms with Gasteiger partial charge < -0.3 is 20.6 Å². The molecule has 3 N–H and O–H groups in total. The van der Waals surface area contributed by atoms with Crippen LogP contribution in [0.3, 0.4) is 0 Å². The first-order valence-electron chi connectivity index (χ1n) is 13.3. The highest BCUT2D eigenvalue weighted by atomic mass is 16.3. The molecule has 184 valence electrons.